The van der Waals surface area contributed by atoms with Crippen molar-refractivity contribution in [3.8, 4) is 5.75 Å². The number of carbonyl (C=O) groups is 1. The third kappa shape index (κ3) is 2.75. The first-order valence-electron chi connectivity index (χ1n) is 6.84. The van der Waals surface area contributed by atoms with Gasteiger partial charge in [0.2, 0.25) is 0 Å². The first kappa shape index (κ1) is 13.9. The van der Waals surface area contributed by atoms with E-state index in [1.807, 2.05) is 13.0 Å². The molecule has 0 aliphatic heterocycles. The molecular weight excluding hydrogens is 240 g/mol. The van der Waals surface area contributed by atoms with Crippen molar-refractivity contribution < 1.29 is 14.6 Å². The normalized spacial score (nSPS) is 27.0. The van der Waals surface area contributed by atoms with E-state index in [9.17, 15) is 9.90 Å². The van der Waals surface area contributed by atoms with Crippen molar-refractivity contribution in [2.24, 2.45) is 5.92 Å². The molecule has 1 fully saturated rings. The summed E-state index contributed by atoms with van der Waals surface area (Å²) in [5.74, 6) is 0.283. The number of aromatic hydroxyl groups is 1. The van der Waals surface area contributed by atoms with Crippen LogP contribution in [0.5, 0.6) is 5.75 Å². The van der Waals surface area contributed by atoms with Gasteiger partial charge in [0.25, 0.3) is 0 Å². The smallest absolute Gasteiger partial charge is 0.308 e. The van der Waals surface area contributed by atoms with Crippen LogP contribution in [0.15, 0.2) is 18.2 Å². The summed E-state index contributed by atoms with van der Waals surface area (Å²) in [5, 5.41) is 10.1. The quantitative estimate of drug-likeness (QED) is 0.832. The van der Waals surface area contributed by atoms with Crippen LogP contribution in [0.25, 0.3) is 0 Å². The van der Waals surface area contributed by atoms with E-state index in [1.165, 1.54) is 7.11 Å². The Kier molecular flexibility index (Phi) is 3.83. The molecule has 1 aliphatic carbocycles. The molecule has 3 heteroatoms. The second-order valence-corrected chi connectivity index (χ2v) is 5.88. The van der Waals surface area contributed by atoms with E-state index >= 15 is 0 Å². The lowest BCUT2D eigenvalue weighted by Gasteiger charge is -2.37. The van der Waals surface area contributed by atoms with Crippen LogP contribution in [0.2, 0.25) is 0 Å². The Morgan fingerprint density at radius 2 is 2.00 bits per heavy atom. The monoisotopic (exact) mass is 262 g/mol. The largest absolute Gasteiger partial charge is 0.508 e. The van der Waals surface area contributed by atoms with Crippen LogP contribution < -0.4 is 0 Å². The van der Waals surface area contributed by atoms with Crippen LogP contribution >= 0.6 is 0 Å². The lowest BCUT2D eigenvalue weighted by molar-refractivity contribution is -0.146. The second kappa shape index (κ2) is 5.24. The van der Waals surface area contributed by atoms with Crippen molar-refractivity contribution in [3.05, 3.63) is 29.3 Å². The first-order valence-corrected chi connectivity index (χ1v) is 6.84. The Balaban J connectivity index is 2.17. The van der Waals surface area contributed by atoms with Crippen LogP contribution in [0, 0.1) is 12.8 Å². The summed E-state index contributed by atoms with van der Waals surface area (Å²) in [6, 6.07) is 5.75. The molecular formula is C16H22O3. The molecule has 3 nitrogen and oxygen atoms in total. The molecule has 2 rings (SSSR count). The third-order valence-corrected chi connectivity index (χ3v) is 4.43. The van der Waals surface area contributed by atoms with Crippen molar-refractivity contribution in [1.29, 1.82) is 0 Å². The Hall–Kier alpha value is -1.51. The van der Waals surface area contributed by atoms with E-state index in [0.717, 1.165) is 36.8 Å². The summed E-state index contributed by atoms with van der Waals surface area (Å²) >= 11 is 0. The van der Waals surface area contributed by atoms with Crippen LogP contribution in [-0.4, -0.2) is 18.2 Å². The van der Waals surface area contributed by atoms with Crippen molar-refractivity contribution in [1.82, 2.24) is 0 Å². The van der Waals surface area contributed by atoms with Crippen LogP contribution in [0.4, 0.5) is 0 Å². The summed E-state index contributed by atoms with van der Waals surface area (Å²) in [6.45, 7) is 4.21. The molecule has 0 radical (unpaired) electrons. The minimum Gasteiger partial charge on any atom is -0.508 e. The molecule has 0 unspecified atom stereocenters. The van der Waals surface area contributed by atoms with Crippen molar-refractivity contribution in [3.63, 3.8) is 0 Å². The van der Waals surface area contributed by atoms with Crippen LogP contribution in [0.3, 0.4) is 0 Å². The maximum atomic E-state index is 11.6. The number of carbonyl (C=O) groups excluding carboxylic acids is 1. The third-order valence-electron chi connectivity index (χ3n) is 4.43. The van der Waals surface area contributed by atoms with E-state index in [0.29, 0.717) is 5.75 Å². The Morgan fingerprint density at radius 3 is 2.58 bits per heavy atom. The van der Waals surface area contributed by atoms with Gasteiger partial charge in [0.1, 0.15) is 5.75 Å². The van der Waals surface area contributed by atoms with Gasteiger partial charge in [0, 0.05) is 5.56 Å². The van der Waals surface area contributed by atoms with E-state index in [2.05, 4.69) is 13.0 Å². The van der Waals surface area contributed by atoms with E-state index in [4.69, 9.17) is 4.74 Å². The van der Waals surface area contributed by atoms with Crippen molar-refractivity contribution in [2.75, 3.05) is 7.11 Å². The molecule has 0 atom stereocenters. The molecule has 0 bridgehead atoms. The molecule has 0 spiro atoms. The van der Waals surface area contributed by atoms with Gasteiger partial charge < -0.3 is 9.84 Å². The molecule has 19 heavy (non-hydrogen) atoms. The van der Waals surface area contributed by atoms with Gasteiger partial charge in [-0.05, 0) is 44.1 Å². The van der Waals surface area contributed by atoms with Gasteiger partial charge in [-0.15, -0.1) is 0 Å². The number of hydrogen-bond donors (Lipinski definition) is 1. The number of hydrogen-bond acceptors (Lipinski definition) is 3. The molecule has 0 amide bonds. The number of aryl methyl sites for hydroxylation is 1. The van der Waals surface area contributed by atoms with Gasteiger partial charge in [-0.2, -0.15) is 0 Å². The lowest BCUT2D eigenvalue weighted by Crippen LogP contribution is -2.32. The Labute approximate surface area is 114 Å². The van der Waals surface area contributed by atoms with Gasteiger partial charge >= 0.3 is 5.97 Å². The highest BCUT2D eigenvalue weighted by molar-refractivity contribution is 5.72. The minimum absolute atomic E-state index is 0.0185. The molecule has 1 saturated carbocycles. The zero-order valence-corrected chi connectivity index (χ0v) is 11.9. The number of rotatable bonds is 2. The SMILES string of the molecule is COC(=O)[C@H]1CC[C@](C)(c2cc(C)ccc2O)CC1. The molecule has 0 aromatic heterocycles. The number of phenolic OH excluding ortho intramolecular Hbond substituents is 1. The summed E-state index contributed by atoms with van der Waals surface area (Å²) in [7, 11) is 1.45. The average molecular weight is 262 g/mol. The van der Waals surface area contributed by atoms with Crippen molar-refractivity contribution >= 4 is 5.97 Å². The number of benzene rings is 1. The first-order chi connectivity index (χ1) is 8.96. The average Bonchev–Trinajstić information content (AvgIpc) is 2.41. The second-order valence-electron chi connectivity index (χ2n) is 5.88. The summed E-state index contributed by atoms with van der Waals surface area (Å²) in [6.07, 6.45) is 3.47. The standard InChI is InChI=1S/C16H22O3/c1-11-4-5-14(17)13(10-11)16(2)8-6-12(7-9-16)15(18)19-3/h4-5,10,12,17H,6-9H2,1-3H3/t12-,16-. The van der Waals surface area contributed by atoms with Gasteiger partial charge in [0.05, 0.1) is 13.0 Å². The summed E-state index contributed by atoms with van der Waals surface area (Å²) in [5.41, 5.74) is 2.13. The van der Waals surface area contributed by atoms with Gasteiger partial charge in [-0.25, -0.2) is 0 Å². The Bertz CT molecular complexity index is 471. The fraction of sp³-hybridized carbons (Fsp3) is 0.562. The molecule has 1 aliphatic rings. The van der Waals surface area contributed by atoms with E-state index in [1.54, 1.807) is 6.07 Å². The van der Waals surface area contributed by atoms with Crippen LogP contribution in [-0.2, 0) is 14.9 Å². The summed E-state index contributed by atoms with van der Waals surface area (Å²) in [4.78, 5) is 11.6. The molecule has 1 aromatic rings. The topological polar surface area (TPSA) is 46.5 Å². The fourth-order valence-electron chi connectivity index (χ4n) is 3.06. The summed E-state index contributed by atoms with van der Waals surface area (Å²) < 4.78 is 4.82. The fourth-order valence-corrected chi connectivity index (χ4v) is 3.06. The number of esters is 1. The Morgan fingerprint density at radius 1 is 1.37 bits per heavy atom. The van der Waals surface area contributed by atoms with E-state index in [-0.39, 0.29) is 17.3 Å². The predicted molar refractivity (Wildman–Crippen MR) is 74.2 cm³/mol. The van der Waals surface area contributed by atoms with Gasteiger partial charge in [0.15, 0.2) is 0 Å². The highest BCUT2D eigenvalue weighted by atomic mass is 16.5. The number of ether oxygens (including phenoxy) is 1. The van der Waals surface area contributed by atoms with Gasteiger partial charge in [-0.1, -0.05) is 24.6 Å². The zero-order chi connectivity index (χ0) is 14.0. The minimum atomic E-state index is -0.101. The zero-order valence-electron chi connectivity index (χ0n) is 11.9. The molecule has 0 heterocycles. The molecule has 1 aromatic carbocycles. The highest BCUT2D eigenvalue weighted by Crippen LogP contribution is 2.44. The molecule has 0 saturated heterocycles. The van der Waals surface area contributed by atoms with Crippen LogP contribution in [0.1, 0.15) is 43.7 Å². The maximum Gasteiger partial charge on any atom is 0.308 e. The van der Waals surface area contributed by atoms with Gasteiger partial charge in [-0.3, -0.25) is 4.79 Å². The molecule has 1 N–H and O–H groups in total. The maximum absolute atomic E-state index is 11.6. The van der Waals surface area contributed by atoms with Crippen molar-refractivity contribution in [2.45, 2.75) is 44.9 Å². The predicted octanol–water partition coefficient (Wildman–Crippen LogP) is 3.32. The highest BCUT2D eigenvalue weighted by Gasteiger charge is 2.37. The molecule has 104 valence electrons. The number of phenols is 1. The lowest BCUT2D eigenvalue weighted by atomic mass is 9.67. The number of methoxy groups -OCH3 is 1. The van der Waals surface area contributed by atoms with E-state index < -0.39 is 0 Å².